The van der Waals surface area contributed by atoms with Crippen LogP contribution in [0.5, 0.6) is 0 Å². The molecule has 0 spiro atoms. The quantitative estimate of drug-likeness (QED) is 0.819. The van der Waals surface area contributed by atoms with Crippen molar-refractivity contribution in [1.82, 2.24) is 5.32 Å². The van der Waals surface area contributed by atoms with E-state index < -0.39 is 11.6 Å². The van der Waals surface area contributed by atoms with E-state index in [2.05, 4.69) is 21.2 Å². The molecule has 1 aromatic rings. The number of nitrogens with one attached hydrogen (secondary N) is 1. The molecule has 0 unspecified atom stereocenters. The summed E-state index contributed by atoms with van der Waals surface area (Å²) in [7, 11) is 0. The first-order chi connectivity index (χ1) is 7.02. The summed E-state index contributed by atoms with van der Waals surface area (Å²) >= 11 is 3.07. The van der Waals surface area contributed by atoms with E-state index >= 15 is 0 Å². The lowest BCUT2D eigenvalue weighted by molar-refractivity contribution is 0.191. The van der Waals surface area contributed by atoms with E-state index in [0.29, 0.717) is 10.9 Å². The summed E-state index contributed by atoms with van der Waals surface area (Å²) in [6, 6.07) is 2.70. The molecule has 0 bridgehead atoms. The number of hydrogen-bond donors (Lipinski definition) is 1. The minimum Gasteiger partial charge on any atom is -0.316 e. The number of rotatable bonds is 2. The van der Waals surface area contributed by atoms with Gasteiger partial charge in [0, 0.05) is 18.7 Å². The molecule has 1 aliphatic rings. The zero-order valence-corrected chi connectivity index (χ0v) is 10.00. The molecule has 1 aliphatic heterocycles. The Hall–Kier alpha value is -0.480. The van der Waals surface area contributed by atoms with Gasteiger partial charge in [0.2, 0.25) is 0 Å². The highest BCUT2D eigenvalue weighted by Gasteiger charge is 2.33. The number of hydrogen-bond acceptors (Lipinski definition) is 1. The maximum Gasteiger partial charge on any atom is 0.143 e. The lowest BCUT2D eigenvalue weighted by Crippen LogP contribution is -2.52. The van der Waals surface area contributed by atoms with Crippen LogP contribution in [0.1, 0.15) is 12.5 Å². The molecule has 2 rings (SSSR count). The SMILES string of the molecule is CC1(Cc2c(F)ccc(Br)c2F)CNC1. The first kappa shape index (κ1) is 11.0. The minimum atomic E-state index is -0.469. The average molecular weight is 276 g/mol. The van der Waals surface area contributed by atoms with E-state index in [0.717, 1.165) is 13.1 Å². The molecule has 1 fully saturated rings. The molecule has 0 aliphatic carbocycles. The van der Waals surface area contributed by atoms with E-state index in [1.807, 2.05) is 6.92 Å². The summed E-state index contributed by atoms with van der Waals surface area (Å²) in [6.45, 7) is 3.67. The van der Waals surface area contributed by atoms with Gasteiger partial charge in [-0.15, -0.1) is 0 Å². The molecule has 1 N–H and O–H groups in total. The van der Waals surface area contributed by atoms with Crippen molar-refractivity contribution in [2.24, 2.45) is 5.41 Å². The van der Waals surface area contributed by atoms with Crippen molar-refractivity contribution in [3.8, 4) is 0 Å². The highest BCUT2D eigenvalue weighted by molar-refractivity contribution is 9.10. The molecule has 1 saturated heterocycles. The van der Waals surface area contributed by atoms with Crippen molar-refractivity contribution in [1.29, 1.82) is 0 Å². The van der Waals surface area contributed by atoms with Gasteiger partial charge < -0.3 is 5.32 Å². The maximum absolute atomic E-state index is 13.6. The van der Waals surface area contributed by atoms with Gasteiger partial charge in [0.05, 0.1) is 4.47 Å². The summed E-state index contributed by atoms with van der Waals surface area (Å²) in [5, 5.41) is 3.12. The van der Waals surface area contributed by atoms with Crippen LogP contribution < -0.4 is 5.32 Å². The van der Waals surface area contributed by atoms with Gasteiger partial charge in [-0.05, 0) is 39.9 Å². The standard InChI is InChI=1S/C11H12BrF2N/c1-11(5-15-6-11)4-7-9(13)3-2-8(12)10(7)14/h2-3,15H,4-6H2,1H3. The Kier molecular flexibility index (Phi) is 2.81. The highest BCUT2D eigenvalue weighted by Crippen LogP contribution is 2.31. The molecule has 1 aromatic carbocycles. The number of benzene rings is 1. The van der Waals surface area contributed by atoms with Crippen molar-refractivity contribution in [3.05, 3.63) is 33.8 Å². The van der Waals surface area contributed by atoms with Gasteiger partial charge in [0.25, 0.3) is 0 Å². The zero-order valence-electron chi connectivity index (χ0n) is 8.41. The van der Waals surface area contributed by atoms with Gasteiger partial charge in [-0.1, -0.05) is 6.92 Å². The highest BCUT2D eigenvalue weighted by atomic mass is 79.9. The Morgan fingerprint density at radius 3 is 2.60 bits per heavy atom. The fourth-order valence-corrected chi connectivity index (χ4v) is 2.21. The summed E-state index contributed by atoms with van der Waals surface area (Å²) in [4.78, 5) is 0. The second-order valence-electron chi connectivity index (χ2n) is 4.41. The van der Waals surface area contributed by atoms with E-state index in [-0.39, 0.29) is 11.0 Å². The Balaban J connectivity index is 2.30. The molecular weight excluding hydrogens is 264 g/mol. The molecular formula is C11H12BrF2N. The summed E-state index contributed by atoms with van der Waals surface area (Å²) < 4.78 is 27.4. The van der Waals surface area contributed by atoms with Crippen LogP contribution in [-0.2, 0) is 6.42 Å². The van der Waals surface area contributed by atoms with Gasteiger partial charge in [-0.3, -0.25) is 0 Å². The molecule has 0 amide bonds. The lowest BCUT2D eigenvalue weighted by atomic mass is 9.78. The monoisotopic (exact) mass is 275 g/mol. The second-order valence-corrected chi connectivity index (χ2v) is 5.27. The van der Waals surface area contributed by atoms with E-state index in [4.69, 9.17) is 0 Å². The van der Waals surface area contributed by atoms with Crippen LogP contribution in [0, 0.1) is 17.0 Å². The molecule has 0 atom stereocenters. The predicted octanol–water partition coefficient (Wildman–Crippen LogP) is 2.88. The lowest BCUT2D eigenvalue weighted by Gasteiger charge is -2.39. The fourth-order valence-electron chi connectivity index (χ4n) is 1.83. The summed E-state index contributed by atoms with van der Waals surface area (Å²) in [5.74, 6) is -0.924. The van der Waals surface area contributed by atoms with Crippen LogP contribution in [0.15, 0.2) is 16.6 Å². The van der Waals surface area contributed by atoms with Crippen LogP contribution in [0.4, 0.5) is 8.78 Å². The maximum atomic E-state index is 13.6. The third-order valence-corrected chi connectivity index (χ3v) is 3.46. The Labute approximate surface area is 96.0 Å². The van der Waals surface area contributed by atoms with Crippen LogP contribution in [0.2, 0.25) is 0 Å². The zero-order chi connectivity index (χ0) is 11.1. The molecule has 0 radical (unpaired) electrons. The van der Waals surface area contributed by atoms with Gasteiger partial charge in [0.15, 0.2) is 0 Å². The first-order valence-corrected chi connectivity index (χ1v) is 5.64. The average Bonchev–Trinajstić information content (AvgIpc) is 2.16. The van der Waals surface area contributed by atoms with E-state index in [1.54, 1.807) is 0 Å². The Morgan fingerprint density at radius 1 is 1.40 bits per heavy atom. The minimum absolute atomic E-state index is 0.0114. The van der Waals surface area contributed by atoms with Gasteiger partial charge >= 0.3 is 0 Å². The van der Waals surface area contributed by atoms with Gasteiger partial charge in [-0.2, -0.15) is 0 Å². The topological polar surface area (TPSA) is 12.0 Å². The van der Waals surface area contributed by atoms with Gasteiger partial charge in [0.1, 0.15) is 11.6 Å². The van der Waals surface area contributed by atoms with E-state index in [9.17, 15) is 8.78 Å². The predicted molar refractivity (Wildman–Crippen MR) is 58.7 cm³/mol. The third kappa shape index (κ3) is 2.06. The van der Waals surface area contributed by atoms with Crippen molar-refractivity contribution < 1.29 is 8.78 Å². The molecule has 0 saturated carbocycles. The van der Waals surface area contributed by atoms with Crippen LogP contribution in [0.3, 0.4) is 0 Å². The van der Waals surface area contributed by atoms with Crippen LogP contribution in [0.25, 0.3) is 0 Å². The van der Waals surface area contributed by atoms with Crippen LogP contribution in [-0.4, -0.2) is 13.1 Å². The van der Waals surface area contributed by atoms with Crippen molar-refractivity contribution in [2.45, 2.75) is 13.3 Å². The summed E-state index contributed by atoms with van der Waals surface area (Å²) in [6.07, 6.45) is 0.442. The largest absolute Gasteiger partial charge is 0.316 e. The Bertz CT molecular complexity index is 388. The van der Waals surface area contributed by atoms with Crippen molar-refractivity contribution >= 4 is 15.9 Å². The molecule has 4 heteroatoms. The second kappa shape index (κ2) is 3.83. The molecule has 0 aromatic heterocycles. The molecule has 1 heterocycles. The first-order valence-electron chi connectivity index (χ1n) is 4.85. The summed E-state index contributed by atoms with van der Waals surface area (Å²) in [5.41, 5.74) is 0.177. The van der Waals surface area contributed by atoms with Crippen LogP contribution >= 0.6 is 15.9 Å². The van der Waals surface area contributed by atoms with Gasteiger partial charge in [-0.25, -0.2) is 8.78 Å². The van der Waals surface area contributed by atoms with E-state index in [1.165, 1.54) is 12.1 Å². The molecule has 15 heavy (non-hydrogen) atoms. The number of halogens is 3. The van der Waals surface area contributed by atoms with Crippen molar-refractivity contribution in [3.63, 3.8) is 0 Å². The van der Waals surface area contributed by atoms with Crippen molar-refractivity contribution in [2.75, 3.05) is 13.1 Å². The fraction of sp³-hybridized carbons (Fsp3) is 0.455. The Morgan fingerprint density at radius 2 is 2.07 bits per heavy atom. The smallest absolute Gasteiger partial charge is 0.143 e. The molecule has 82 valence electrons. The molecule has 1 nitrogen and oxygen atoms in total. The third-order valence-electron chi connectivity index (χ3n) is 2.85. The normalized spacial score (nSPS) is 18.7.